The highest BCUT2D eigenvalue weighted by molar-refractivity contribution is 6.99. The summed E-state index contributed by atoms with van der Waals surface area (Å²) in [7, 11) is 2.00. The van der Waals surface area contributed by atoms with Gasteiger partial charge in [-0.2, -0.15) is 14.0 Å². The zero-order chi connectivity index (χ0) is 16.9. The van der Waals surface area contributed by atoms with E-state index in [0.717, 1.165) is 22.9 Å². The summed E-state index contributed by atoms with van der Waals surface area (Å²) in [6.45, 7) is 1.96. The van der Waals surface area contributed by atoms with E-state index in [0.29, 0.717) is 17.3 Å². The quantitative estimate of drug-likeness (QED) is 0.491. The van der Waals surface area contributed by atoms with Gasteiger partial charge in [0.1, 0.15) is 6.07 Å². The van der Waals surface area contributed by atoms with Crippen LogP contribution in [0.15, 0.2) is 42.5 Å². The molecule has 24 heavy (non-hydrogen) atoms. The van der Waals surface area contributed by atoms with Gasteiger partial charge in [-0.3, -0.25) is 0 Å². The lowest BCUT2D eigenvalue weighted by Crippen LogP contribution is -2.15. The maximum absolute atomic E-state index is 10.1. The Morgan fingerprint density at radius 3 is 2.42 bits per heavy atom. The van der Waals surface area contributed by atoms with E-state index in [1.807, 2.05) is 44.4 Å². The van der Waals surface area contributed by atoms with Gasteiger partial charge in [0, 0.05) is 5.69 Å². The number of para-hydroxylation sites is 2. The lowest BCUT2D eigenvalue weighted by atomic mass is 9.72. The van der Waals surface area contributed by atoms with Crippen LogP contribution in [-0.2, 0) is 0 Å². The fraction of sp³-hybridized carbons (Fsp3) is 0.0625. The third-order valence-corrected chi connectivity index (χ3v) is 3.95. The van der Waals surface area contributed by atoms with Crippen LogP contribution in [0.4, 0.5) is 23.0 Å². The van der Waals surface area contributed by atoms with E-state index in [1.165, 1.54) is 0 Å². The van der Waals surface area contributed by atoms with Gasteiger partial charge in [0.15, 0.2) is 24.7 Å². The molecule has 0 aliphatic rings. The number of phenols is 1. The predicted molar refractivity (Wildman–Crippen MR) is 97.0 cm³/mol. The molecule has 0 saturated heterocycles. The van der Waals surface area contributed by atoms with E-state index in [2.05, 4.69) is 19.4 Å². The van der Waals surface area contributed by atoms with Crippen LogP contribution in [0.2, 0.25) is 6.82 Å². The topological polar surface area (TPSA) is 93.9 Å². The number of hydrogen-bond acceptors (Lipinski definition) is 7. The van der Waals surface area contributed by atoms with Crippen molar-refractivity contribution in [1.82, 2.24) is 8.75 Å². The first-order valence-corrected chi connectivity index (χ1v) is 7.93. The van der Waals surface area contributed by atoms with Crippen molar-refractivity contribution in [3.05, 3.63) is 48.0 Å². The van der Waals surface area contributed by atoms with Crippen LogP contribution in [0.1, 0.15) is 5.56 Å². The molecule has 0 aliphatic heterocycles. The van der Waals surface area contributed by atoms with Crippen LogP contribution < -0.4 is 16.1 Å². The van der Waals surface area contributed by atoms with Gasteiger partial charge in [0.05, 0.1) is 23.0 Å². The highest BCUT2D eigenvalue weighted by atomic mass is 32.1. The van der Waals surface area contributed by atoms with E-state index in [-0.39, 0.29) is 11.3 Å². The molecular formula is C16H13BN5OS. The van der Waals surface area contributed by atoms with Crippen LogP contribution in [-0.4, -0.2) is 21.1 Å². The maximum atomic E-state index is 10.1. The zero-order valence-corrected chi connectivity index (χ0v) is 13.6. The Morgan fingerprint density at radius 2 is 1.71 bits per heavy atom. The summed E-state index contributed by atoms with van der Waals surface area (Å²) in [5, 5.41) is 25.3. The number of aromatic nitrogens is 2. The number of nitrogens with zero attached hydrogens (tertiary/aromatic N) is 3. The number of rotatable bonds is 5. The first-order chi connectivity index (χ1) is 11.7. The van der Waals surface area contributed by atoms with Crippen molar-refractivity contribution in [2.75, 3.05) is 10.6 Å². The maximum Gasteiger partial charge on any atom is 0.189 e. The van der Waals surface area contributed by atoms with Crippen LogP contribution >= 0.6 is 11.7 Å². The summed E-state index contributed by atoms with van der Waals surface area (Å²) < 4.78 is 8.46. The molecular weight excluding hydrogens is 321 g/mol. The molecule has 1 aromatic heterocycles. The average molecular weight is 334 g/mol. The Bertz CT molecular complexity index is 905. The number of anilines is 4. The Balaban J connectivity index is 1.88. The Labute approximate surface area is 144 Å². The molecule has 0 unspecified atom stereocenters. The lowest BCUT2D eigenvalue weighted by Gasteiger charge is -2.11. The molecule has 6 nitrogen and oxygen atoms in total. The third kappa shape index (κ3) is 3.16. The van der Waals surface area contributed by atoms with Gasteiger partial charge in [-0.15, -0.1) is 0 Å². The van der Waals surface area contributed by atoms with E-state index in [1.54, 1.807) is 18.2 Å². The van der Waals surface area contributed by atoms with Crippen molar-refractivity contribution in [2.45, 2.75) is 6.82 Å². The molecule has 3 N–H and O–H groups in total. The van der Waals surface area contributed by atoms with Crippen molar-refractivity contribution in [3.63, 3.8) is 0 Å². The molecule has 1 heterocycles. The molecule has 0 fully saturated rings. The monoisotopic (exact) mass is 334 g/mol. The molecule has 0 saturated carbocycles. The summed E-state index contributed by atoms with van der Waals surface area (Å²) in [4.78, 5) is 0. The minimum atomic E-state index is -0.110. The fourth-order valence-electron chi connectivity index (χ4n) is 2.20. The number of benzene rings is 2. The summed E-state index contributed by atoms with van der Waals surface area (Å²) in [5.41, 5.74) is 2.56. The first kappa shape index (κ1) is 15.8. The lowest BCUT2D eigenvalue weighted by molar-refractivity contribution is 0.476. The van der Waals surface area contributed by atoms with E-state index < -0.39 is 0 Å². The molecule has 0 spiro atoms. The largest absolute Gasteiger partial charge is 0.504 e. The number of phenolic OH excluding ortho intramolecular Hbond substituents is 1. The number of aromatic hydroxyl groups is 1. The van der Waals surface area contributed by atoms with Crippen molar-refractivity contribution < 1.29 is 5.11 Å². The summed E-state index contributed by atoms with van der Waals surface area (Å²) in [6, 6.07) is 14.7. The molecule has 1 radical (unpaired) electrons. The average Bonchev–Trinajstić information content (AvgIpc) is 3.04. The molecule has 3 aromatic rings. The molecule has 2 aromatic carbocycles. The van der Waals surface area contributed by atoms with Crippen LogP contribution in [0.5, 0.6) is 5.75 Å². The standard InChI is InChI=1S/C16H13BN5OS/c1-17-11-6-2-3-7-12(11)19-15-16(22-24-21-15)20-13-8-4-5-10(9-18)14(13)23/h2-8,23H,1H3,(H,19,21)(H,20,22). The molecule has 0 bridgehead atoms. The highest BCUT2D eigenvalue weighted by Crippen LogP contribution is 2.32. The van der Waals surface area contributed by atoms with Crippen molar-refractivity contribution in [2.24, 2.45) is 0 Å². The second-order valence-electron chi connectivity index (χ2n) is 4.90. The Kier molecular flexibility index (Phi) is 4.63. The predicted octanol–water partition coefficient (Wildman–Crippen LogP) is 2.98. The fourth-order valence-corrected chi connectivity index (χ4v) is 2.67. The van der Waals surface area contributed by atoms with Gasteiger partial charge in [-0.25, -0.2) is 0 Å². The second kappa shape index (κ2) is 7.02. The van der Waals surface area contributed by atoms with Gasteiger partial charge < -0.3 is 15.7 Å². The Morgan fingerprint density at radius 1 is 1.04 bits per heavy atom. The number of nitriles is 1. The van der Waals surface area contributed by atoms with Gasteiger partial charge in [-0.05, 0) is 18.2 Å². The SMILES string of the molecule is C[B]c1ccccc1Nc1nsnc1Nc1cccc(C#N)c1O. The second-order valence-corrected chi connectivity index (χ2v) is 5.43. The van der Waals surface area contributed by atoms with Crippen LogP contribution in [0.3, 0.4) is 0 Å². The zero-order valence-electron chi connectivity index (χ0n) is 12.8. The molecule has 0 amide bonds. The smallest absolute Gasteiger partial charge is 0.189 e. The molecule has 0 atom stereocenters. The van der Waals surface area contributed by atoms with Gasteiger partial charge in [-0.1, -0.05) is 36.6 Å². The summed E-state index contributed by atoms with van der Waals surface area (Å²) in [5.74, 6) is 0.925. The Hall–Kier alpha value is -3.05. The summed E-state index contributed by atoms with van der Waals surface area (Å²) >= 11 is 1.05. The van der Waals surface area contributed by atoms with Crippen molar-refractivity contribution in [3.8, 4) is 11.8 Å². The summed E-state index contributed by atoms with van der Waals surface area (Å²) in [6.07, 6.45) is 0. The minimum Gasteiger partial charge on any atom is -0.504 e. The minimum absolute atomic E-state index is 0.110. The van der Waals surface area contributed by atoms with E-state index in [9.17, 15) is 5.11 Å². The van der Waals surface area contributed by atoms with Crippen molar-refractivity contribution >= 4 is 47.5 Å². The normalized spacial score (nSPS) is 10.0. The van der Waals surface area contributed by atoms with Crippen LogP contribution in [0.25, 0.3) is 0 Å². The van der Waals surface area contributed by atoms with Crippen LogP contribution in [0, 0.1) is 11.3 Å². The number of nitrogens with one attached hydrogen (secondary N) is 2. The molecule has 117 valence electrons. The van der Waals surface area contributed by atoms with Gasteiger partial charge in [0.25, 0.3) is 0 Å². The first-order valence-electron chi connectivity index (χ1n) is 7.20. The molecule has 3 rings (SSSR count). The third-order valence-electron chi connectivity index (χ3n) is 3.42. The molecule has 8 heteroatoms. The van der Waals surface area contributed by atoms with Gasteiger partial charge in [0.2, 0.25) is 0 Å². The van der Waals surface area contributed by atoms with E-state index >= 15 is 0 Å². The number of hydrogen-bond donors (Lipinski definition) is 3. The van der Waals surface area contributed by atoms with E-state index in [4.69, 9.17) is 5.26 Å². The highest BCUT2D eigenvalue weighted by Gasteiger charge is 2.13. The molecule has 0 aliphatic carbocycles. The van der Waals surface area contributed by atoms with Crippen molar-refractivity contribution in [1.29, 1.82) is 5.26 Å². The van der Waals surface area contributed by atoms with Gasteiger partial charge >= 0.3 is 0 Å².